The van der Waals surface area contributed by atoms with Crippen molar-refractivity contribution in [2.24, 2.45) is 5.84 Å². The lowest BCUT2D eigenvalue weighted by molar-refractivity contribution is 0.412. The van der Waals surface area contributed by atoms with Crippen LogP contribution in [0.15, 0.2) is 28.3 Å². The number of rotatable bonds is 4. The van der Waals surface area contributed by atoms with Gasteiger partial charge in [0.25, 0.3) is 0 Å². The van der Waals surface area contributed by atoms with Crippen LogP contribution < -0.4 is 16.6 Å². The van der Waals surface area contributed by atoms with E-state index in [9.17, 15) is 0 Å². The first-order valence-corrected chi connectivity index (χ1v) is 6.10. The van der Waals surface area contributed by atoms with E-state index in [1.165, 1.54) is 17.6 Å². The van der Waals surface area contributed by atoms with Crippen LogP contribution in [0.5, 0.6) is 0 Å². The minimum Gasteiger partial charge on any atom is -0.364 e. The molecule has 0 spiro atoms. The van der Waals surface area contributed by atoms with Gasteiger partial charge in [-0.15, -0.1) is 11.3 Å². The maximum Gasteiger partial charge on any atom is 0.240 e. The molecule has 0 fully saturated rings. The van der Waals surface area contributed by atoms with Crippen molar-refractivity contribution < 1.29 is 4.52 Å². The highest BCUT2D eigenvalue weighted by molar-refractivity contribution is 7.16. The first kappa shape index (κ1) is 10.9. The number of hydrazine groups is 1. The molecule has 3 rings (SSSR count). The predicted molar refractivity (Wildman–Crippen MR) is 69.1 cm³/mol. The zero-order chi connectivity index (χ0) is 12.4. The molecule has 7 nitrogen and oxygen atoms in total. The lowest BCUT2D eigenvalue weighted by atomic mass is 10.3. The van der Waals surface area contributed by atoms with E-state index in [-0.39, 0.29) is 0 Å². The normalized spacial score (nSPS) is 10.7. The zero-order valence-corrected chi connectivity index (χ0v) is 10.1. The van der Waals surface area contributed by atoms with Gasteiger partial charge in [-0.1, -0.05) is 5.16 Å². The third-order valence-corrected chi connectivity index (χ3v) is 3.19. The number of nitrogens with zero attached hydrogens (tertiary/aromatic N) is 3. The van der Waals surface area contributed by atoms with E-state index in [0.29, 0.717) is 12.5 Å². The van der Waals surface area contributed by atoms with Crippen LogP contribution in [-0.4, -0.2) is 15.1 Å². The fourth-order valence-corrected chi connectivity index (χ4v) is 2.32. The highest BCUT2D eigenvalue weighted by Gasteiger charge is 2.08. The molecule has 3 aromatic rings. The quantitative estimate of drug-likeness (QED) is 0.484. The van der Waals surface area contributed by atoms with Crippen LogP contribution >= 0.6 is 11.3 Å². The average Bonchev–Trinajstić information content (AvgIpc) is 3.06. The summed E-state index contributed by atoms with van der Waals surface area (Å²) in [6.45, 7) is 0.530. The van der Waals surface area contributed by atoms with Crippen LogP contribution in [0.1, 0.15) is 5.69 Å². The first-order valence-electron chi connectivity index (χ1n) is 5.22. The lowest BCUT2D eigenvalue weighted by Crippen LogP contribution is -2.12. The maximum atomic E-state index is 5.34. The fourth-order valence-electron chi connectivity index (χ4n) is 1.56. The van der Waals surface area contributed by atoms with Gasteiger partial charge in [0.15, 0.2) is 0 Å². The maximum absolute atomic E-state index is 5.34. The Kier molecular flexibility index (Phi) is 2.79. The molecular weight excluding hydrogens is 252 g/mol. The summed E-state index contributed by atoms with van der Waals surface area (Å²) in [5.74, 6) is 6.45. The summed E-state index contributed by atoms with van der Waals surface area (Å²) < 4.78 is 4.77. The van der Waals surface area contributed by atoms with Crippen LogP contribution in [0, 0.1) is 0 Å². The number of hydrogen-bond acceptors (Lipinski definition) is 8. The minimum atomic E-state index is 0.382. The molecule has 3 heterocycles. The van der Waals surface area contributed by atoms with Gasteiger partial charge in [0.05, 0.1) is 11.9 Å². The molecule has 0 bridgehead atoms. The van der Waals surface area contributed by atoms with E-state index in [2.05, 4.69) is 25.9 Å². The van der Waals surface area contributed by atoms with Crippen molar-refractivity contribution >= 4 is 33.3 Å². The second kappa shape index (κ2) is 4.59. The Morgan fingerprint density at radius 2 is 2.28 bits per heavy atom. The summed E-state index contributed by atoms with van der Waals surface area (Å²) in [7, 11) is 0. The molecule has 0 atom stereocenters. The SMILES string of the molecule is NNc1nc(NCc2ccon2)c2ccsc2n1. The number of nitrogen functional groups attached to an aromatic ring is 1. The summed E-state index contributed by atoms with van der Waals surface area (Å²) in [6.07, 6.45) is 1.53. The van der Waals surface area contributed by atoms with E-state index < -0.39 is 0 Å². The van der Waals surface area contributed by atoms with Crippen molar-refractivity contribution in [1.82, 2.24) is 15.1 Å². The molecule has 0 radical (unpaired) electrons. The summed E-state index contributed by atoms with van der Waals surface area (Å²) in [6, 6.07) is 3.76. The zero-order valence-electron chi connectivity index (χ0n) is 9.25. The van der Waals surface area contributed by atoms with Crippen LogP contribution in [0.4, 0.5) is 11.8 Å². The van der Waals surface area contributed by atoms with E-state index in [1.54, 1.807) is 6.07 Å². The van der Waals surface area contributed by atoms with Crippen molar-refractivity contribution in [3.8, 4) is 0 Å². The van der Waals surface area contributed by atoms with Gasteiger partial charge < -0.3 is 9.84 Å². The molecule has 92 valence electrons. The molecule has 0 aliphatic carbocycles. The van der Waals surface area contributed by atoms with E-state index in [4.69, 9.17) is 10.4 Å². The predicted octanol–water partition coefficient (Wildman–Crippen LogP) is 1.58. The van der Waals surface area contributed by atoms with Crippen molar-refractivity contribution in [2.75, 3.05) is 10.7 Å². The minimum absolute atomic E-state index is 0.382. The third kappa shape index (κ3) is 1.98. The Morgan fingerprint density at radius 3 is 3.06 bits per heavy atom. The van der Waals surface area contributed by atoms with Gasteiger partial charge in [-0.05, 0) is 11.4 Å². The highest BCUT2D eigenvalue weighted by Crippen LogP contribution is 2.26. The Morgan fingerprint density at radius 1 is 1.33 bits per heavy atom. The fraction of sp³-hybridized carbons (Fsp3) is 0.100. The van der Waals surface area contributed by atoms with Gasteiger partial charge in [-0.3, -0.25) is 5.43 Å². The molecule has 0 aliphatic rings. The molecule has 0 aromatic carbocycles. The smallest absolute Gasteiger partial charge is 0.240 e. The van der Waals surface area contributed by atoms with Crippen LogP contribution in [0.2, 0.25) is 0 Å². The third-order valence-electron chi connectivity index (χ3n) is 2.38. The van der Waals surface area contributed by atoms with Crippen molar-refractivity contribution in [2.45, 2.75) is 6.54 Å². The van der Waals surface area contributed by atoms with Gasteiger partial charge in [0, 0.05) is 6.07 Å². The number of hydrogen-bond donors (Lipinski definition) is 3. The average molecular weight is 262 g/mol. The number of nitrogens with two attached hydrogens (primary N) is 1. The first-order chi connectivity index (χ1) is 8.86. The largest absolute Gasteiger partial charge is 0.364 e. The number of anilines is 2. The number of fused-ring (bicyclic) bond motifs is 1. The van der Waals surface area contributed by atoms with Gasteiger partial charge in [-0.25, -0.2) is 10.8 Å². The van der Waals surface area contributed by atoms with E-state index >= 15 is 0 Å². The van der Waals surface area contributed by atoms with Gasteiger partial charge in [0.2, 0.25) is 5.95 Å². The molecule has 0 aliphatic heterocycles. The molecule has 3 aromatic heterocycles. The Bertz CT molecular complexity index is 649. The van der Waals surface area contributed by atoms with Gasteiger partial charge in [-0.2, -0.15) is 4.98 Å². The molecule has 0 amide bonds. The lowest BCUT2D eigenvalue weighted by Gasteiger charge is -2.06. The second-order valence-electron chi connectivity index (χ2n) is 3.52. The Hall–Kier alpha value is -2.19. The summed E-state index contributed by atoms with van der Waals surface area (Å²) in [4.78, 5) is 9.41. The standard InChI is InChI=1S/C10H10N6OS/c11-15-10-13-8(7-2-4-18-9(7)14-10)12-5-6-1-3-17-16-6/h1-4H,5,11H2,(H2,12,13,14,15). The van der Waals surface area contributed by atoms with Crippen molar-refractivity contribution in [3.05, 3.63) is 29.5 Å². The molecule has 8 heteroatoms. The number of thiophene rings is 1. The summed E-state index contributed by atoms with van der Waals surface area (Å²) in [5, 5.41) is 9.93. The molecule has 4 N–H and O–H groups in total. The van der Waals surface area contributed by atoms with Crippen molar-refractivity contribution in [3.63, 3.8) is 0 Å². The summed E-state index contributed by atoms with van der Waals surface area (Å²) in [5.41, 5.74) is 3.26. The molecular formula is C10H10N6OS. The monoisotopic (exact) mass is 262 g/mol. The second-order valence-corrected chi connectivity index (χ2v) is 4.42. The van der Waals surface area contributed by atoms with E-state index in [1.807, 2.05) is 11.4 Å². The Balaban J connectivity index is 1.92. The van der Waals surface area contributed by atoms with Crippen LogP contribution in [-0.2, 0) is 6.54 Å². The van der Waals surface area contributed by atoms with E-state index in [0.717, 1.165) is 21.7 Å². The van der Waals surface area contributed by atoms with Crippen LogP contribution in [0.3, 0.4) is 0 Å². The molecule has 0 saturated carbocycles. The number of nitrogens with one attached hydrogen (secondary N) is 2. The summed E-state index contributed by atoms with van der Waals surface area (Å²) >= 11 is 1.53. The van der Waals surface area contributed by atoms with Crippen LogP contribution in [0.25, 0.3) is 10.2 Å². The Labute approximate surface area is 106 Å². The topological polar surface area (TPSA) is 102 Å². The van der Waals surface area contributed by atoms with Gasteiger partial charge in [0.1, 0.15) is 22.6 Å². The molecule has 0 unspecified atom stereocenters. The highest BCUT2D eigenvalue weighted by atomic mass is 32.1. The number of aromatic nitrogens is 3. The van der Waals surface area contributed by atoms with Gasteiger partial charge >= 0.3 is 0 Å². The van der Waals surface area contributed by atoms with Crippen molar-refractivity contribution in [1.29, 1.82) is 0 Å². The molecule has 18 heavy (non-hydrogen) atoms. The molecule has 0 saturated heterocycles.